The maximum absolute atomic E-state index is 13.1. The van der Waals surface area contributed by atoms with Crippen molar-refractivity contribution in [1.82, 2.24) is 0 Å². The molecule has 0 atom stereocenters. The van der Waals surface area contributed by atoms with Crippen LogP contribution in [0.25, 0.3) is 0 Å². The van der Waals surface area contributed by atoms with E-state index in [4.69, 9.17) is 22.1 Å². The van der Waals surface area contributed by atoms with Crippen LogP contribution in [0, 0.1) is 5.82 Å². The Morgan fingerprint density at radius 3 is 2.70 bits per heavy atom. The zero-order valence-electron chi connectivity index (χ0n) is 10.2. The molecule has 0 saturated heterocycles. The van der Waals surface area contributed by atoms with Crippen LogP contribution in [0.1, 0.15) is 15.9 Å². The second-order valence-electron chi connectivity index (χ2n) is 4.06. The van der Waals surface area contributed by atoms with Gasteiger partial charge in [-0.3, -0.25) is 0 Å². The summed E-state index contributed by atoms with van der Waals surface area (Å²) in [6.45, 7) is 0.0276. The normalized spacial score (nSPS) is 10.3. The number of carbonyl (C=O) groups is 1. The molecule has 0 aliphatic carbocycles. The molecular formula is C14H10BrClFNO2. The maximum Gasteiger partial charge on any atom is 0.340 e. The van der Waals surface area contributed by atoms with E-state index in [0.29, 0.717) is 15.1 Å². The first-order valence-electron chi connectivity index (χ1n) is 5.63. The zero-order chi connectivity index (χ0) is 14.7. The van der Waals surface area contributed by atoms with Gasteiger partial charge >= 0.3 is 5.97 Å². The van der Waals surface area contributed by atoms with Crippen LogP contribution in [-0.2, 0) is 11.3 Å². The van der Waals surface area contributed by atoms with Gasteiger partial charge < -0.3 is 10.5 Å². The minimum absolute atomic E-state index is 0.0276. The number of halogens is 3. The minimum Gasteiger partial charge on any atom is -0.457 e. The van der Waals surface area contributed by atoms with Gasteiger partial charge in [0.1, 0.15) is 12.4 Å². The van der Waals surface area contributed by atoms with Gasteiger partial charge in [-0.15, -0.1) is 0 Å². The van der Waals surface area contributed by atoms with E-state index in [1.54, 1.807) is 18.2 Å². The van der Waals surface area contributed by atoms with Gasteiger partial charge in [-0.05, 0) is 51.8 Å². The van der Waals surface area contributed by atoms with Crippen molar-refractivity contribution in [2.75, 3.05) is 5.73 Å². The Labute approximate surface area is 128 Å². The number of anilines is 1. The lowest BCUT2D eigenvalue weighted by atomic mass is 10.2. The van der Waals surface area contributed by atoms with Crippen LogP contribution in [0.15, 0.2) is 40.9 Å². The van der Waals surface area contributed by atoms with Gasteiger partial charge in [0.25, 0.3) is 0 Å². The quantitative estimate of drug-likeness (QED) is 0.661. The van der Waals surface area contributed by atoms with E-state index in [9.17, 15) is 9.18 Å². The smallest absolute Gasteiger partial charge is 0.340 e. The van der Waals surface area contributed by atoms with E-state index in [1.807, 2.05) is 0 Å². The molecule has 0 aromatic heterocycles. The minimum atomic E-state index is -0.556. The summed E-state index contributed by atoms with van der Waals surface area (Å²) in [5.41, 5.74) is 6.86. The SMILES string of the molecule is Nc1cc(Cl)ccc1C(=O)OCc1ccc(F)c(Br)c1. The molecule has 2 N–H and O–H groups in total. The van der Waals surface area contributed by atoms with Crippen molar-refractivity contribution in [3.63, 3.8) is 0 Å². The highest BCUT2D eigenvalue weighted by Crippen LogP contribution is 2.20. The molecule has 2 aromatic rings. The lowest BCUT2D eigenvalue weighted by molar-refractivity contribution is 0.0474. The third-order valence-electron chi connectivity index (χ3n) is 2.59. The van der Waals surface area contributed by atoms with Gasteiger partial charge in [0.2, 0.25) is 0 Å². The Kier molecular flexibility index (Phi) is 4.62. The van der Waals surface area contributed by atoms with Gasteiger partial charge in [-0.2, -0.15) is 0 Å². The molecule has 0 aliphatic heterocycles. The van der Waals surface area contributed by atoms with Crippen LogP contribution >= 0.6 is 27.5 Å². The van der Waals surface area contributed by atoms with Crippen molar-refractivity contribution in [3.05, 3.63) is 62.8 Å². The Balaban J connectivity index is 2.06. The molecular weight excluding hydrogens is 349 g/mol. The molecule has 2 aromatic carbocycles. The maximum atomic E-state index is 13.1. The summed E-state index contributed by atoms with van der Waals surface area (Å²) in [7, 11) is 0. The van der Waals surface area contributed by atoms with E-state index < -0.39 is 5.97 Å². The lowest BCUT2D eigenvalue weighted by Crippen LogP contribution is -2.08. The Morgan fingerprint density at radius 2 is 2.05 bits per heavy atom. The monoisotopic (exact) mass is 357 g/mol. The van der Waals surface area contributed by atoms with Crippen molar-refractivity contribution in [1.29, 1.82) is 0 Å². The molecule has 20 heavy (non-hydrogen) atoms. The number of carbonyl (C=O) groups excluding carboxylic acids is 1. The number of rotatable bonds is 3. The number of nitrogens with two attached hydrogens (primary N) is 1. The molecule has 0 heterocycles. The summed E-state index contributed by atoms with van der Waals surface area (Å²) >= 11 is 8.82. The van der Waals surface area contributed by atoms with Gasteiger partial charge in [0.15, 0.2) is 0 Å². The summed E-state index contributed by atoms with van der Waals surface area (Å²) in [5, 5.41) is 0.446. The molecule has 0 radical (unpaired) electrons. The van der Waals surface area contributed by atoms with Gasteiger partial charge in [0.05, 0.1) is 10.0 Å². The van der Waals surface area contributed by atoms with E-state index >= 15 is 0 Å². The first-order valence-corrected chi connectivity index (χ1v) is 6.80. The second-order valence-corrected chi connectivity index (χ2v) is 5.35. The van der Waals surface area contributed by atoms with Crippen LogP contribution in [0.4, 0.5) is 10.1 Å². The van der Waals surface area contributed by atoms with Crippen LogP contribution in [0.5, 0.6) is 0 Å². The molecule has 0 amide bonds. The van der Waals surface area contributed by atoms with Crippen LogP contribution < -0.4 is 5.73 Å². The van der Waals surface area contributed by atoms with Gasteiger partial charge in [-0.25, -0.2) is 9.18 Å². The number of ether oxygens (including phenoxy) is 1. The molecule has 0 spiro atoms. The Hall–Kier alpha value is -1.59. The van der Waals surface area contributed by atoms with Crippen molar-refractivity contribution in [3.8, 4) is 0 Å². The number of benzene rings is 2. The first kappa shape index (κ1) is 14.8. The van der Waals surface area contributed by atoms with E-state index in [-0.39, 0.29) is 23.7 Å². The van der Waals surface area contributed by atoms with E-state index in [0.717, 1.165) is 0 Å². The second kappa shape index (κ2) is 6.24. The average molecular weight is 359 g/mol. The molecule has 0 unspecified atom stereocenters. The predicted octanol–water partition coefficient (Wildman–Crippen LogP) is 4.18. The van der Waals surface area contributed by atoms with Crippen molar-refractivity contribution >= 4 is 39.2 Å². The van der Waals surface area contributed by atoms with E-state index in [2.05, 4.69) is 15.9 Å². The zero-order valence-corrected chi connectivity index (χ0v) is 12.5. The molecule has 2 rings (SSSR count). The summed E-state index contributed by atoms with van der Waals surface area (Å²) in [6.07, 6.45) is 0. The van der Waals surface area contributed by atoms with Crippen molar-refractivity contribution < 1.29 is 13.9 Å². The fraction of sp³-hybridized carbons (Fsp3) is 0.0714. The molecule has 0 aliphatic rings. The first-order chi connectivity index (χ1) is 9.47. The summed E-state index contributed by atoms with van der Waals surface area (Å²) in [4.78, 5) is 11.9. The molecule has 104 valence electrons. The molecule has 0 fully saturated rings. The third kappa shape index (κ3) is 3.49. The highest BCUT2D eigenvalue weighted by molar-refractivity contribution is 9.10. The largest absolute Gasteiger partial charge is 0.457 e. The number of esters is 1. The number of hydrogen-bond acceptors (Lipinski definition) is 3. The van der Waals surface area contributed by atoms with Crippen LogP contribution in [0.3, 0.4) is 0 Å². The highest BCUT2D eigenvalue weighted by atomic mass is 79.9. The molecule has 0 saturated carbocycles. The average Bonchev–Trinajstić information content (AvgIpc) is 2.40. The number of nitrogen functional groups attached to an aromatic ring is 1. The van der Waals surface area contributed by atoms with Gasteiger partial charge in [0, 0.05) is 10.7 Å². The fourth-order valence-electron chi connectivity index (χ4n) is 1.58. The van der Waals surface area contributed by atoms with Crippen molar-refractivity contribution in [2.45, 2.75) is 6.61 Å². The lowest BCUT2D eigenvalue weighted by Gasteiger charge is -2.08. The van der Waals surface area contributed by atoms with E-state index in [1.165, 1.54) is 18.2 Å². The van der Waals surface area contributed by atoms with Crippen molar-refractivity contribution in [2.24, 2.45) is 0 Å². The predicted molar refractivity (Wildman–Crippen MR) is 79.1 cm³/mol. The third-order valence-corrected chi connectivity index (χ3v) is 3.43. The Bertz CT molecular complexity index is 664. The topological polar surface area (TPSA) is 52.3 Å². The highest BCUT2D eigenvalue weighted by Gasteiger charge is 2.12. The number of hydrogen-bond donors (Lipinski definition) is 1. The molecule has 6 heteroatoms. The summed E-state index contributed by atoms with van der Waals surface area (Å²) in [5.74, 6) is -0.929. The Morgan fingerprint density at radius 1 is 1.30 bits per heavy atom. The summed E-state index contributed by atoms with van der Waals surface area (Å²) in [6, 6.07) is 8.92. The van der Waals surface area contributed by atoms with Crippen LogP contribution in [0.2, 0.25) is 5.02 Å². The van der Waals surface area contributed by atoms with Gasteiger partial charge in [-0.1, -0.05) is 17.7 Å². The fourth-order valence-corrected chi connectivity index (χ4v) is 2.18. The summed E-state index contributed by atoms with van der Waals surface area (Å²) < 4.78 is 18.5. The standard InChI is InChI=1S/C14H10BrClFNO2/c15-11-5-8(1-4-12(11)17)7-20-14(19)10-3-2-9(16)6-13(10)18/h1-6H,7,18H2. The van der Waals surface area contributed by atoms with Crippen LogP contribution in [-0.4, -0.2) is 5.97 Å². The molecule has 3 nitrogen and oxygen atoms in total. The molecule has 0 bridgehead atoms.